The Morgan fingerprint density at radius 2 is 1.52 bits per heavy atom. The summed E-state index contributed by atoms with van der Waals surface area (Å²) in [5.74, 6) is 0.760. The maximum atomic E-state index is 10.9. The molecule has 5 rings (SSSR count). The molecule has 1 N–H and O–H groups in total. The maximum absolute atomic E-state index is 10.9. The molecule has 0 spiro atoms. The number of β-amino-alcohol motifs (C(OH)–C–C–N with tert-alkyl or cyclic N) is 1. The summed E-state index contributed by atoms with van der Waals surface area (Å²) in [6.07, 6.45) is 1.27. The first-order valence-corrected chi connectivity index (χ1v) is 10.7. The summed E-state index contributed by atoms with van der Waals surface area (Å²) in [4.78, 5) is 8.86. The van der Waals surface area contributed by atoms with Gasteiger partial charge in [-0.25, -0.2) is 4.98 Å². The number of aliphatic hydroxyl groups excluding tert-OH is 1. The highest BCUT2D eigenvalue weighted by atomic mass is 16.3. The van der Waals surface area contributed by atoms with Crippen LogP contribution in [0.5, 0.6) is 0 Å². The summed E-state index contributed by atoms with van der Waals surface area (Å²) in [5.41, 5.74) is 2.93. The van der Waals surface area contributed by atoms with Gasteiger partial charge in [-0.15, -0.1) is 0 Å². The van der Waals surface area contributed by atoms with Gasteiger partial charge in [-0.1, -0.05) is 36.4 Å². The molecule has 1 saturated heterocycles. The summed E-state index contributed by atoms with van der Waals surface area (Å²) in [6, 6.07) is 22.6. The molecule has 31 heavy (non-hydrogen) atoms. The van der Waals surface area contributed by atoms with Gasteiger partial charge in [0.1, 0.15) is 11.9 Å². The second-order valence-corrected chi connectivity index (χ2v) is 8.07. The van der Waals surface area contributed by atoms with E-state index in [1.807, 2.05) is 6.07 Å². The number of nitrogens with zero attached hydrogens (tertiary/aromatic N) is 5. The zero-order chi connectivity index (χ0) is 21.2. The minimum absolute atomic E-state index is 0.463. The Kier molecular flexibility index (Phi) is 5.29. The van der Waals surface area contributed by atoms with Gasteiger partial charge in [0, 0.05) is 60.7 Å². The molecule has 1 aliphatic rings. The van der Waals surface area contributed by atoms with Crippen LogP contribution in [0.4, 0.5) is 5.82 Å². The molecule has 1 fully saturated rings. The number of hydrogen-bond acceptors (Lipinski definition) is 5. The van der Waals surface area contributed by atoms with E-state index in [-0.39, 0.29) is 0 Å². The number of rotatable bonds is 5. The topological polar surface area (TPSA) is 68.3 Å². The Hall–Kier alpha value is -3.40. The van der Waals surface area contributed by atoms with Crippen molar-refractivity contribution in [2.45, 2.75) is 12.6 Å². The van der Waals surface area contributed by atoms with E-state index < -0.39 is 6.10 Å². The van der Waals surface area contributed by atoms with E-state index in [1.54, 1.807) is 12.3 Å². The van der Waals surface area contributed by atoms with Gasteiger partial charge in [0.05, 0.1) is 18.2 Å². The molecule has 6 nitrogen and oxygen atoms in total. The Morgan fingerprint density at radius 1 is 0.871 bits per heavy atom. The Balaban J connectivity index is 1.27. The van der Waals surface area contributed by atoms with Gasteiger partial charge in [-0.05, 0) is 24.3 Å². The van der Waals surface area contributed by atoms with Crippen LogP contribution < -0.4 is 4.90 Å². The molecule has 1 atom stereocenters. The Morgan fingerprint density at radius 3 is 2.16 bits per heavy atom. The van der Waals surface area contributed by atoms with Crippen molar-refractivity contribution in [3.05, 3.63) is 72.4 Å². The highest BCUT2D eigenvalue weighted by Crippen LogP contribution is 2.29. The number of anilines is 1. The SMILES string of the molecule is N#Cc1cccnc1N1CCN(CC(O)Cn2c3ccccc3c3ccccc32)CC1. The fourth-order valence-corrected chi connectivity index (χ4v) is 4.65. The average molecular weight is 412 g/mol. The highest BCUT2D eigenvalue weighted by molar-refractivity contribution is 6.07. The van der Waals surface area contributed by atoms with Crippen LogP contribution in [0.3, 0.4) is 0 Å². The second-order valence-electron chi connectivity index (χ2n) is 8.07. The van der Waals surface area contributed by atoms with E-state index in [9.17, 15) is 10.4 Å². The van der Waals surface area contributed by atoms with Crippen LogP contribution in [0.2, 0.25) is 0 Å². The van der Waals surface area contributed by atoms with Gasteiger partial charge in [0.2, 0.25) is 0 Å². The molecular formula is C25H25N5O. The zero-order valence-corrected chi connectivity index (χ0v) is 17.4. The highest BCUT2D eigenvalue weighted by Gasteiger charge is 2.22. The molecule has 0 bridgehead atoms. The summed E-state index contributed by atoms with van der Waals surface area (Å²) >= 11 is 0. The predicted molar refractivity (Wildman–Crippen MR) is 123 cm³/mol. The Labute approximate surface area is 181 Å². The van der Waals surface area contributed by atoms with Crippen LogP contribution in [-0.2, 0) is 6.54 Å². The van der Waals surface area contributed by atoms with Crippen LogP contribution in [-0.4, -0.2) is 58.4 Å². The number of fused-ring (bicyclic) bond motifs is 3. The molecule has 6 heteroatoms. The van der Waals surface area contributed by atoms with Gasteiger partial charge in [0.25, 0.3) is 0 Å². The van der Waals surface area contributed by atoms with Crippen LogP contribution in [0, 0.1) is 11.3 Å². The molecule has 2 aromatic heterocycles. The third-order valence-corrected chi connectivity index (χ3v) is 6.12. The van der Waals surface area contributed by atoms with Gasteiger partial charge in [-0.2, -0.15) is 5.26 Å². The van der Waals surface area contributed by atoms with Crippen molar-refractivity contribution in [3.8, 4) is 6.07 Å². The van der Waals surface area contributed by atoms with Crippen LogP contribution in [0.15, 0.2) is 66.9 Å². The lowest BCUT2D eigenvalue weighted by atomic mass is 10.2. The van der Waals surface area contributed by atoms with E-state index in [2.05, 4.69) is 74.0 Å². The van der Waals surface area contributed by atoms with Crippen LogP contribution in [0.25, 0.3) is 21.8 Å². The molecule has 4 aromatic rings. The van der Waals surface area contributed by atoms with Gasteiger partial charge < -0.3 is 14.6 Å². The van der Waals surface area contributed by atoms with E-state index in [0.717, 1.165) is 43.0 Å². The van der Waals surface area contributed by atoms with Crippen molar-refractivity contribution >= 4 is 27.6 Å². The molecule has 156 valence electrons. The molecule has 1 aliphatic heterocycles. The van der Waals surface area contributed by atoms with Crippen molar-refractivity contribution in [2.75, 3.05) is 37.6 Å². The number of hydrogen-bond donors (Lipinski definition) is 1. The number of pyridine rings is 1. The predicted octanol–water partition coefficient (Wildman–Crippen LogP) is 3.24. The standard InChI is InChI=1S/C25H25N5O/c26-16-19-6-5-11-27-25(19)29-14-12-28(13-15-29)17-20(31)18-30-23-9-3-1-7-21(23)22-8-2-4-10-24(22)30/h1-11,20,31H,12-15,17-18H2. The van der Waals surface area contributed by atoms with Crippen molar-refractivity contribution in [2.24, 2.45) is 0 Å². The van der Waals surface area contributed by atoms with Crippen molar-refractivity contribution < 1.29 is 5.11 Å². The van der Waals surface area contributed by atoms with Crippen molar-refractivity contribution in [1.82, 2.24) is 14.5 Å². The molecule has 0 aliphatic carbocycles. The molecule has 3 heterocycles. The fourth-order valence-electron chi connectivity index (χ4n) is 4.65. The van der Waals surface area contributed by atoms with E-state index in [0.29, 0.717) is 18.7 Å². The van der Waals surface area contributed by atoms with E-state index in [1.165, 1.54) is 10.8 Å². The number of piperazine rings is 1. The van der Waals surface area contributed by atoms with Crippen LogP contribution >= 0.6 is 0 Å². The number of aliphatic hydroxyl groups is 1. The first-order valence-electron chi connectivity index (χ1n) is 10.7. The summed E-state index contributed by atoms with van der Waals surface area (Å²) in [6.45, 7) is 4.47. The van der Waals surface area contributed by atoms with Gasteiger partial charge in [0.15, 0.2) is 0 Å². The molecule has 0 amide bonds. The molecular weight excluding hydrogens is 386 g/mol. The second kappa shape index (κ2) is 8.38. The number of aromatic nitrogens is 2. The summed E-state index contributed by atoms with van der Waals surface area (Å²) < 4.78 is 2.23. The normalized spacial score (nSPS) is 15.9. The number of nitriles is 1. The van der Waals surface area contributed by atoms with Crippen molar-refractivity contribution in [1.29, 1.82) is 5.26 Å². The van der Waals surface area contributed by atoms with Crippen LogP contribution in [0.1, 0.15) is 5.56 Å². The molecule has 2 aromatic carbocycles. The van der Waals surface area contributed by atoms with Crippen molar-refractivity contribution in [3.63, 3.8) is 0 Å². The zero-order valence-electron chi connectivity index (χ0n) is 17.4. The monoisotopic (exact) mass is 411 g/mol. The van der Waals surface area contributed by atoms with E-state index >= 15 is 0 Å². The van der Waals surface area contributed by atoms with E-state index in [4.69, 9.17) is 0 Å². The largest absolute Gasteiger partial charge is 0.390 e. The van der Waals surface area contributed by atoms with Gasteiger partial charge >= 0.3 is 0 Å². The first-order chi connectivity index (χ1) is 15.2. The molecule has 1 unspecified atom stereocenters. The number of para-hydroxylation sites is 2. The molecule has 0 saturated carbocycles. The molecule has 0 radical (unpaired) electrons. The first kappa shape index (κ1) is 19.6. The lowest BCUT2D eigenvalue weighted by molar-refractivity contribution is 0.0968. The third-order valence-electron chi connectivity index (χ3n) is 6.12. The summed E-state index contributed by atoms with van der Waals surface area (Å²) in [7, 11) is 0. The fraction of sp³-hybridized carbons (Fsp3) is 0.280. The lowest BCUT2D eigenvalue weighted by Gasteiger charge is -2.36. The minimum atomic E-state index is -0.463. The minimum Gasteiger partial charge on any atom is -0.390 e. The smallest absolute Gasteiger partial charge is 0.146 e. The summed E-state index contributed by atoms with van der Waals surface area (Å²) in [5, 5.41) is 22.7. The van der Waals surface area contributed by atoms with Gasteiger partial charge in [-0.3, -0.25) is 4.90 Å². The number of benzene rings is 2. The third kappa shape index (κ3) is 3.74. The Bertz CT molecular complexity index is 1200. The average Bonchev–Trinajstić information content (AvgIpc) is 3.13. The maximum Gasteiger partial charge on any atom is 0.146 e. The quantitative estimate of drug-likeness (QED) is 0.546. The lowest BCUT2D eigenvalue weighted by Crippen LogP contribution is -2.49.